The fourth-order valence-corrected chi connectivity index (χ4v) is 3.12. The van der Waals surface area contributed by atoms with E-state index in [9.17, 15) is 31.1 Å². The number of ether oxygens (including phenoxy) is 3. The van der Waals surface area contributed by atoms with Gasteiger partial charge in [-0.05, 0) is 35.0 Å². The number of rotatable bonds is 6. The van der Waals surface area contributed by atoms with Gasteiger partial charge in [0, 0.05) is 7.05 Å². The fraction of sp³-hybridized carbons (Fsp3) is 0.368. The van der Waals surface area contributed by atoms with Crippen LogP contribution in [0.1, 0.15) is 11.1 Å². The molecule has 170 valence electrons. The minimum atomic E-state index is -4.82. The van der Waals surface area contributed by atoms with E-state index >= 15 is 0 Å². The first-order valence-electron chi connectivity index (χ1n) is 8.53. The molecule has 0 atom stereocenters. The lowest BCUT2D eigenvalue weighted by Gasteiger charge is -2.24. The van der Waals surface area contributed by atoms with E-state index in [1.54, 1.807) is 0 Å². The maximum absolute atomic E-state index is 13.7. The van der Waals surface area contributed by atoms with Crippen molar-refractivity contribution in [3.05, 3.63) is 35.4 Å². The predicted molar refractivity (Wildman–Crippen MR) is 103 cm³/mol. The third-order valence-corrected chi connectivity index (χ3v) is 4.69. The summed E-state index contributed by atoms with van der Waals surface area (Å²) in [6.45, 7) is -2.07. The first-order valence-corrected chi connectivity index (χ1v) is 8.93. The average Bonchev–Trinajstić information content (AvgIpc) is 2.68. The van der Waals surface area contributed by atoms with Gasteiger partial charge in [-0.15, -0.1) is 0 Å². The molecule has 0 saturated carbocycles. The van der Waals surface area contributed by atoms with E-state index in [-0.39, 0.29) is 33.6 Å². The van der Waals surface area contributed by atoms with E-state index in [0.717, 1.165) is 37.3 Å². The fourth-order valence-electron chi connectivity index (χ4n) is 2.85. The van der Waals surface area contributed by atoms with Crippen LogP contribution in [0.25, 0.3) is 10.8 Å². The zero-order valence-electron chi connectivity index (χ0n) is 16.5. The highest BCUT2D eigenvalue weighted by atomic mass is 32.1. The Morgan fingerprint density at radius 3 is 2.10 bits per heavy atom. The molecule has 0 spiro atoms. The molecule has 2 aromatic rings. The molecule has 0 bridgehead atoms. The lowest BCUT2D eigenvalue weighted by molar-refractivity contribution is -0.153. The van der Waals surface area contributed by atoms with Crippen LogP contribution in [0, 0.1) is 0 Å². The molecule has 0 N–H and O–H groups in total. The van der Waals surface area contributed by atoms with Gasteiger partial charge in [0.2, 0.25) is 0 Å². The SMILES string of the molecule is COC(=O)CN(C)C(=S)c1c(OCC(F)(F)F)ccc2c(C(F)(F)F)c(OC)ccc12. The Morgan fingerprint density at radius 2 is 1.58 bits per heavy atom. The van der Waals surface area contributed by atoms with Crippen molar-refractivity contribution in [3.63, 3.8) is 0 Å². The van der Waals surface area contributed by atoms with Gasteiger partial charge in [0.15, 0.2) is 6.61 Å². The normalized spacial score (nSPS) is 11.9. The van der Waals surface area contributed by atoms with Crippen LogP contribution in [0.15, 0.2) is 24.3 Å². The summed E-state index contributed by atoms with van der Waals surface area (Å²) in [7, 11) is 3.53. The van der Waals surface area contributed by atoms with Crippen molar-refractivity contribution in [2.75, 3.05) is 34.4 Å². The van der Waals surface area contributed by atoms with E-state index < -0.39 is 36.2 Å². The molecule has 0 heterocycles. The summed E-state index contributed by atoms with van der Waals surface area (Å²) < 4.78 is 93.4. The van der Waals surface area contributed by atoms with Gasteiger partial charge >= 0.3 is 18.3 Å². The van der Waals surface area contributed by atoms with E-state index in [4.69, 9.17) is 21.7 Å². The molecule has 0 saturated heterocycles. The molecule has 0 radical (unpaired) electrons. The van der Waals surface area contributed by atoms with Crippen LogP contribution in [0.3, 0.4) is 0 Å². The number of hydrogen-bond acceptors (Lipinski definition) is 5. The van der Waals surface area contributed by atoms with Gasteiger partial charge in [-0.25, -0.2) is 0 Å². The highest BCUT2D eigenvalue weighted by Gasteiger charge is 2.37. The number of benzene rings is 2. The molecule has 12 heteroatoms. The third kappa shape index (κ3) is 5.69. The number of alkyl halides is 6. The summed E-state index contributed by atoms with van der Waals surface area (Å²) in [6, 6.07) is 4.22. The molecule has 0 aliphatic carbocycles. The smallest absolute Gasteiger partial charge is 0.422 e. The van der Waals surface area contributed by atoms with Crippen molar-refractivity contribution in [3.8, 4) is 11.5 Å². The van der Waals surface area contributed by atoms with Gasteiger partial charge in [-0.2, -0.15) is 26.3 Å². The summed E-state index contributed by atoms with van der Waals surface area (Å²) in [5, 5.41) is -0.468. The monoisotopic (exact) mass is 469 g/mol. The summed E-state index contributed by atoms with van der Waals surface area (Å²) in [4.78, 5) is 12.5. The van der Waals surface area contributed by atoms with Crippen LogP contribution >= 0.6 is 12.2 Å². The number of likely N-dealkylation sites (N-methyl/N-ethyl adjacent to an activating group) is 1. The number of carbonyl (C=O) groups excluding carboxylic acids is 1. The number of hydrogen-bond donors (Lipinski definition) is 0. The topological polar surface area (TPSA) is 48.0 Å². The molecule has 0 fully saturated rings. The Morgan fingerprint density at radius 1 is 1.00 bits per heavy atom. The highest BCUT2D eigenvalue weighted by molar-refractivity contribution is 7.80. The summed E-state index contributed by atoms with van der Waals surface area (Å²) in [5.41, 5.74) is -1.31. The Labute approximate surface area is 178 Å². The molecular weight excluding hydrogens is 452 g/mol. The summed E-state index contributed by atoms with van der Waals surface area (Å²) in [6.07, 6.45) is -9.52. The quantitative estimate of drug-likeness (QED) is 0.351. The summed E-state index contributed by atoms with van der Waals surface area (Å²) >= 11 is 5.27. The zero-order chi connectivity index (χ0) is 23.6. The van der Waals surface area contributed by atoms with E-state index in [2.05, 4.69) is 4.74 Å². The van der Waals surface area contributed by atoms with E-state index in [0.29, 0.717) is 0 Å². The molecule has 2 aromatic carbocycles. The first-order chi connectivity index (χ1) is 14.3. The minimum absolute atomic E-state index is 0.116. The van der Waals surface area contributed by atoms with Crippen LogP contribution in [0.2, 0.25) is 0 Å². The number of methoxy groups -OCH3 is 2. The lowest BCUT2D eigenvalue weighted by Crippen LogP contribution is -2.32. The van der Waals surface area contributed by atoms with Crippen LogP contribution in [-0.2, 0) is 15.7 Å². The predicted octanol–water partition coefficient (Wildman–Crippen LogP) is 4.59. The van der Waals surface area contributed by atoms with Crippen molar-refractivity contribution in [1.29, 1.82) is 0 Å². The van der Waals surface area contributed by atoms with E-state index in [1.165, 1.54) is 13.1 Å². The highest BCUT2D eigenvalue weighted by Crippen LogP contribution is 2.43. The van der Waals surface area contributed by atoms with Crippen LogP contribution < -0.4 is 9.47 Å². The van der Waals surface area contributed by atoms with Gasteiger partial charge < -0.3 is 19.1 Å². The van der Waals surface area contributed by atoms with Crippen molar-refractivity contribution in [1.82, 2.24) is 4.90 Å². The Hall–Kier alpha value is -2.76. The molecule has 2 rings (SSSR count). The van der Waals surface area contributed by atoms with Gasteiger partial charge in [0.1, 0.15) is 28.6 Å². The Bertz CT molecular complexity index is 990. The average molecular weight is 469 g/mol. The zero-order valence-corrected chi connectivity index (χ0v) is 17.3. The molecule has 5 nitrogen and oxygen atoms in total. The second-order valence-corrected chi connectivity index (χ2v) is 6.70. The summed E-state index contributed by atoms with van der Waals surface area (Å²) in [5.74, 6) is -1.56. The molecule has 0 aliphatic rings. The largest absolute Gasteiger partial charge is 0.496 e. The van der Waals surface area contributed by atoms with Gasteiger partial charge in [0.25, 0.3) is 0 Å². The van der Waals surface area contributed by atoms with Crippen molar-refractivity contribution >= 4 is 33.9 Å². The first kappa shape index (κ1) is 24.5. The molecule has 0 aliphatic heterocycles. The molecule has 0 amide bonds. The maximum atomic E-state index is 13.7. The minimum Gasteiger partial charge on any atom is -0.496 e. The molecule has 0 unspecified atom stereocenters. The van der Waals surface area contributed by atoms with E-state index in [1.807, 2.05) is 0 Å². The van der Waals surface area contributed by atoms with Crippen LogP contribution in [-0.4, -0.2) is 56.5 Å². The molecule has 31 heavy (non-hydrogen) atoms. The second kappa shape index (κ2) is 9.16. The molecule has 0 aromatic heterocycles. The maximum Gasteiger partial charge on any atom is 0.422 e. The number of fused-ring (bicyclic) bond motifs is 1. The lowest BCUT2D eigenvalue weighted by atomic mass is 9.97. The standard InChI is InChI=1S/C19H17F6NO4S/c1-26(8-14(27)29-3)17(31)15-10-4-7-13(28-2)16(19(23,24)25)11(10)5-6-12(15)30-9-18(20,21)22/h4-7H,8-9H2,1-3H3. The van der Waals surface area contributed by atoms with Crippen molar-refractivity contribution in [2.24, 2.45) is 0 Å². The van der Waals surface area contributed by atoms with Crippen molar-refractivity contribution in [2.45, 2.75) is 12.4 Å². The van der Waals surface area contributed by atoms with Crippen LogP contribution in [0.4, 0.5) is 26.3 Å². The van der Waals surface area contributed by atoms with Crippen molar-refractivity contribution < 1.29 is 45.3 Å². The number of carbonyl (C=O) groups is 1. The number of nitrogens with zero attached hydrogens (tertiary/aromatic N) is 1. The number of esters is 1. The van der Waals surface area contributed by atoms with Gasteiger partial charge in [0.05, 0.1) is 19.8 Å². The van der Waals surface area contributed by atoms with Gasteiger partial charge in [-0.1, -0.05) is 12.2 Å². The number of thiocarbonyl (C=S) groups is 1. The third-order valence-electron chi connectivity index (χ3n) is 4.17. The molecular formula is C19H17F6NO4S. The van der Waals surface area contributed by atoms with Crippen LogP contribution in [0.5, 0.6) is 11.5 Å². The Kier molecular flexibility index (Phi) is 7.25. The second-order valence-electron chi connectivity index (χ2n) is 6.32. The Balaban J connectivity index is 2.75. The van der Waals surface area contributed by atoms with Gasteiger partial charge in [-0.3, -0.25) is 4.79 Å². The number of halogens is 6.